The standard InChI is InChI=1S/C20H38ClN2O9PS/c1-11(21)14(17-15(25)16(26)18(20(31-17)34-2)32-33(28,29)30)23-19(27)13-7-6-12(8-9-22-13)5-3-4-10-24/h11-18,20,22,24-26H,3-10H2,1-2H3,(H,23,27)(H2,28,29,30). The minimum atomic E-state index is -4.95. The van der Waals surface area contributed by atoms with Gasteiger partial charge in [0.2, 0.25) is 5.91 Å². The minimum absolute atomic E-state index is 0.182. The minimum Gasteiger partial charge on any atom is -0.396 e. The van der Waals surface area contributed by atoms with E-state index in [0.29, 0.717) is 18.9 Å². The number of rotatable bonds is 11. The van der Waals surface area contributed by atoms with E-state index >= 15 is 0 Å². The first-order chi connectivity index (χ1) is 16.0. The highest BCUT2D eigenvalue weighted by Gasteiger charge is 2.51. The van der Waals surface area contributed by atoms with Crippen molar-refractivity contribution in [2.24, 2.45) is 5.92 Å². The third-order valence-corrected chi connectivity index (χ3v) is 8.01. The number of aliphatic hydroxyl groups excluding tert-OH is 3. The van der Waals surface area contributed by atoms with Gasteiger partial charge in [-0.15, -0.1) is 23.4 Å². The van der Waals surface area contributed by atoms with E-state index in [-0.39, 0.29) is 12.5 Å². The molecule has 34 heavy (non-hydrogen) atoms. The van der Waals surface area contributed by atoms with Crippen molar-refractivity contribution in [2.75, 3.05) is 19.4 Å². The first-order valence-electron chi connectivity index (χ1n) is 11.6. The van der Waals surface area contributed by atoms with E-state index in [1.165, 1.54) is 0 Å². The molecule has 0 saturated carbocycles. The molecule has 2 aliphatic rings. The molecule has 11 nitrogen and oxygen atoms in total. The molecule has 0 bridgehead atoms. The van der Waals surface area contributed by atoms with Crippen LogP contribution in [0.4, 0.5) is 0 Å². The summed E-state index contributed by atoms with van der Waals surface area (Å²) >= 11 is 7.39. The Balaban J connectivity index is 2.05. The lowest BCUT2D eigenvalue weighted by Gasteiger charge is -2.45. The number of carbonyl (C=O) groups is 1. The van der Waals surface area contributed by atoms with Gasteiger partial charge in [0, 0.05) is 6.61 Å². The second-order valence-electron chi connectivity index (χ2n) is 8.92. The fourth-order valence-corrected chi connectivity index (χ4v) is 6.08. The van der Waals surface area contributed by atoms with Crippen molar-refractivity contribution in [3.63, 3.8) is 0 Å². The number of phosphoric ester groups is 1. The van der Waals surface area contributed by atoms with E-state index in [9.17, 15) is 19.6 Å². The van der Waals surface area contributed by atoms with Gasteiger partial charge in [0.25, 0.3) is 0 Å². The van der Waals surface area contributed by atoms with Crippen LogP contribution in [0.3, 0.4) is 0 Å². The Hall–Kier alpha value is 0.0200. The summed E-state index contributed by atoms with van der Waals surface area (Å²) in [6.07, 6.45) is 0.889. The van der Waals surface area contributed by atoms with E-state index in [1.54, 1.807) is 13.2 Å². The van der Waals surface area contributed by atoms with Gasteiger partial charge in [-0.25, -0.2) is 4.57 Å². The van der Waals surface area contributed by atoms with Crippen molar-refractivity contribution >= 4 is 37.1 Å². The zero-order valence-corrected chi connectivity index (χ0v) is 21.9. The number of unbranched alkanes of at least 4 members (excludes halogenated alkanes) is 1. The van der Waals surface area contributed by atoms with Crippen molar-refractivity contribution in [3.8, 4) is 0 Å². The molecule has 0 aliphatic carbocycles. The van der Waals surface area contributed by atoms with Crippen LogP contribution in [0.5, 0.6) is 0 Å². The normalized spacial score (nSPS) is 34.8. The molecule has 1 amide bonds. The van der Waals surface area contributed by atoms with E-state index in [1.807, 2.05) is 0 Å². The first kappa shape index (κ1) is 30.2. The average molecular weight is 549 g/mol. The lowest BCUT2D eigenvalue weighted by molar-refractivity contribution is -0.201. The summed E-state index contributed by atoms with van der Waals surface area (Å²) in [6.45, 7) is 2.49. The largest absolute Gasteiger partial charge is 0.470 e. The number of halogens is 1. The van der Waals surface area contributed by atoms with Crippen LogP contribution < -0.4 is 10.6 Å². The van der Waals surface area contributed by atoms with Crippen LogP contribution in [0, 0.1) is 5.92 Å². The summed E-state index contributed by atoms with van der Waals surface area (Å²) in [5.74, 6) is 0.180. The fraction of sp³-hybridized carbons (Fsp3) is 0.950. The maximum atomic E-state index is 13.1. The second-order valence-corrected chi connectivity index (χ2v) is 11.7. The molecule has 9 unspecified atom stereocenters. The van der Waals surface area contributed by atoms with Crippen molar-refractivity contribution in [1.82, 2.24) is 10.6 Å². The van der Waals surface area contributed by atoms with Gasteiger partial charge in [-0.1, -0.05) is 12.8 Å². The number of nitrogens with one attached hydrogen (secondary N) is 2. The molecule has 200 valence electrons. The number of carbonyl (C=O) groups excluding carboxylic acids is 1. The number of hydrogen-bond acceptors (Lipinski definition) is 9. The molecule has 0 aromatic heterocycles. The molecule has 0 aromatic carbocycles. The molecule has 0 aromatic rings. The van der Waals surface area contributed by atoms with Gasteiger partial charge in [0.15, 0.2) is 0 Å². The Morgan fingerprint density at radius 2 is 1.97 bits per heavy atom. The first-order valence-corrected chi connectivity index (χ1v) is 14.8. The molecule has 2 heterocycles. The third kappa shape index (κ3) is 8.85. The average Bonchev–Trinajstić information content (AvgIpc) is 3.01. The summed E-state index contributed by atoms with van der Waals surface area (Å²) in [5.41, 5.74) is -1.01. The molecule has 7 N–H and O–H groups in total. The quantitative estimate of drug-likeness (QED) is 0.107. The summed E-state index contributed by atoms with van der Waals surface area (Å²) in [7, 11) is -4.95. The van der Waals surface area contributed by atoms with Crippen LogP contribution in [-0.2, 0) is 18.6 Å². The number of ether oxygens (including phenoxy) is 1. The molecular formula is C20H38ClN2O9PS. The van der Waals surface area contributed by atoms with Crippen LogP contribution in [0.2, 0.25) is 0 Å². The molecule has 9 atom stereocenters. The molecule has 2 aliphatic heterocycles. The maximum absolute atomic E-state index is 13.1. The van der Waals surface area contributed by atoms with E-state index in [2.05, 4.69) is 15.2 Å². The smallest absolute Gasteiger partial charge is 0.396 e. The molecule has 2 rings (SSSR count). The van der Waals surface area contributed by atoms with E-state index in [4.69, 9.17) is 31.2 Å². The molecule has 0 radical (unpaired) electrons. The summed E-state index contributed by atoms with van der Waals surface area (Å²) in [5, 5.41) is 35.6. The zero-order chi connectivity index (χ0) is 25.5. The maximum Gasteiger partial charge on any atom is 0.470 e. The second kappa shape index (κ2) is 14.1. The van der Waals surface area contributed by atoms with Gasteiger partial charge in [0.05, 0.1) is 17.5 Å². The Kier molecular flexibility index (Phi) is 12.5. The SMILES string of the molecule is CSC1OC(C(NC(=O)C2CCC(CCCCO)CCN2)C(C)Cl)C(O)C(O)C1OP(=O)(O)O. The van der Waals surface area contributed by atoms with Crippen molar-refractivity contribution in [3.05, 3.63) is 0 Å². The molecular weight excluding hydrogens is 511 g/mol. The Labute approximate surface area is 209 Å². The van der Waals surface area contributed by atoms with Gasteiger partial charge in [-0.05, 0) is 51.3 Å². The zero-order valence-electron chi connectivity index (χ0n) is 19.5. The van der Waals surface area contributed by atoms with Crippen LogP contribution in [0.15, 0.2) is 0 Å². The predicted molar refractivity (Wildman–Crippen MR) is 128 cm³/mol. The Morgan fingerprint density at radius 1 is 1.26 bits per heavy atom. The van der Waals surface area contributed by atoms with E-state index < -0.39 is 55.1 Å². The van der Waals surface area contributed by atoms with Gasteiger partial charge in [-0.2, -0.15) is 0 Å². The van der Waals surface area contributed by atoms with Crippen LogP contribution in [0.25, 0.3) is 0 Å². The number of phosphoric acid groups is 1. The molecule has 2 fully saturated rings. The highest BCUT2D eigenvalue weighted by molar-refractivity contribution is 7.99. The van der Waals surface area contributed by atoms with Gasteiger partial charge >= 0.3 is 7.82 Å². The van der Waals surface area contributed by atoms with Gasteiger partial charge in [0.1, 0.15) is 29.9 Å². The van der Waals surface area contributed by atoms with Gasteiger partial charge in [-0.3, -0.25) is 9.32 Å². The van der Waals surface area contributed by atoms with Crippen LogP contribution >= 0.6 is 31.2 Å². The van der Waals surface area contributed by atoms with Crippen molar-refractivity contribution < 1.29 is 43.7 Å². The number of alkyl halides is 1. The molecule has 0 spiro atoms. The summed E-state index contributed by atoms with van der Waals surface area (Å²) < 4.78 is 21.8. The van der Waals surface area contributed by atoms with Crippen molar-refractivity contribution in [1.29, 1.82) is 0 Å². The summed E-state index contributed by atoms with van der Waals surface area (Å²) in [4.78, 5) is 31.4. The molecule has 14 heteroatoms. The number of hydrogen-bond donors (Lipinski definition) is 7. The number of aliphatic hydroxyl groups is 3. The van der Waals surface area contributed by atoms with Gasteiger partial charge < -0.3 is 40.5 Å². The lowest BCUT2D eigenvalue weighted by atomic mass is 9.92. The fourth-order valence-electron chi connectivity index (χ4n) is 4.51. The highest BCUT2D eigenvalue weighted by atomic mass is 35.5. The topological polar surface area (TPSA) is 178 Å². The lowest BCUT2D eigenvalue weighted by Crippen LogP contribution is -2.65. The third-order valence-electron chi connectivity index (χ3n) is 6.38. The van der Waals surface area contributed by atoms with Crippen molar-refractivity contribution in [2.45, 2.75) is 92.8 Å². The summed E-state index contributed by atoms with van der Waals surface area (Å²) in [6, 6.07) is -1.33. The highest BCUT2D eigenvalue weighted by Crippen LogP contribution is 2.43. The Morgan fingerprint density at radius 3 is 2.56 bits per heavy atom. The predicted octanol–water partition coefficient (Wildman–Crippen LogP) is 0.307. The monoisotopic (exact) mass is 548 g/mol. The number of amides is 1. The van der Waals surface area contributed by atoms with Crippen LogP contribution in [0.1, 0.15) is 45.4 Å². The van der Waals surface area contributed by atoms with Crippen LogP contribution in [-0.4, -0.2) is 97.7 Å². The Bertz CT molecular complexity index is 686. The van der Waals surface area contributed by atoms with E-state index in [0.717, 1.165) is 43.9 Å². The number of thioether (sulfide) groups is 1. The molecule has 2 saturated heterocycles.